The highest BCUT2D eigenvalue weighted by molar-refractivity contribution is 7.18. The smallest absolute Gasteiger partial charge is 0.310 e. The lowest BCUT2D eigenvalue weighted by Gasteiger charge is -2.26. The van der Waals surface area contributed by atoms with E-state index in [1.807, 2.05) is 0 Å². The van der Waals surface area contributed by atoms with Crippen molar-refractivity contribution in [3.05, 3.63) is 29.0 Å². The lowest BCUT2D eigenvalue weighted by molar-refractivity contribution is -0.149. The molecule has 1 aromatic heterocycles. The lowest BCUT2D eigenvalue weighted by atomic mass is 9.78. The Labute approximate surface area is 126 Å². The minimum atomic E-state index is -0.713. The number of thiazole rings is 1. The fourth-order valence-electron chi connectivity index (χ4n) is 3.18. The normalized spacial score (nSPS) is 18.5. The molecule has 1 aliphatic rings. The van der Waals surface area contributed by atoms with Gasteiger partial charge in [-0.25, -0.2) is 9.37 Å². The molecule has 0 bridgehead atoms. The average Bonchev–Trinajstić information content (AvgIpc) is 2.67. The van der Waals surface area contributed by atoms with E-state index in [0.717, 1.165) is 35.4 Å². The molecule has 0 saturated heterocycles. The summed E-state index contributed by atoms with van der Waals surface area (Å²) < 4.78 is 14.1. The highest BCUT2D eigenvalue weighted by Gasteiger charge is 2.39. The predicted molar refractivity (Wildman–Crippen MR) is 81.1 cm³/mol. The van der Waals surface area contributed by atoms with Crippen LogP contribution in [0, 0.1) is 11.2 Å². The monoisotopic (exact) mass is 307 g/mol. The van der Waals surface area contributed by atoms with Crippen molar-refractivity contribution < 1.29 is 14.3 Å². The van der Waals surface area contributed by atoms with E-state index in [2.05, 4.69) is 4.98 Å². The van der Waals surface area contributed by atoms with Crippen molar-refractivity contribution in [2.45, 2.75) is 44.9 Å². The summed E-state index contributed by atoms with van der Waals surface area (Å²) in [6, 6.07) is 4.55. The largest absolute Gasteiger partial charge is 0.481 e. The Bertz CT molecular complexity index is 659. The lowest BCUT2D eigenvalue weighted by Crippen LogP contribution is -2.32. The van der Waals surface area contributed by atoms with Crippen molar-refractivity contribution in [3.8, 4) is 0 Å². The molecule has 3 nitrogen and oxygen atoms in total. The zero-order valence-electron chi connectivity index (χ0n) is 11.8. The minimum absolute atomic E-state index is 0.304. The third kappa shape index (κ3) is 2.93. The highest BCUT2D eigenvalue weighted by atomic mass is 32.1. The van der Waals surface area contributed by atoms with E-state index in [1.54, 1.807) is 6.07 Å². The van der Waals surface area contributed by atoms with Gasteiger partial charge in [0.2, 0.25) is 0 Å². The molecule has 1 saturated carbocycles. The van der Waals surface area contributed by atoms with Crippen LogP contribution in [-0.2, 0) is 11.2 Å². The van der Waals surface area contributed by atoms with Crippen LogP contribution in [0.15, 0.2) is 18.2 Å². The van der Waals surface area contributed by atoms with Crippen LogP contribution in [0.5, 0.6) is 0 Å². The number of carboxylic acid groups (broad SMARTS) is 1. The Morgan fingerprint density at radius 2 is 2.00 bits per heavy atom. The molecule has 0 radical (unpaired) electrons. The number of nitrogens with zero attached hydrogens (tertiary/aromatic N) is 1. The Hall–Kier alpha value is -1.49. The van der Waals surface area contributed by atoms with E-state index in [9.17, 15) is 14.3 Å². The SMILES string of the molecule is O=C(O)C1(Cc2nc3cc(F)ccc3s2)CCCCCC1. The molecule has 1 fully saturated rings. The van der Waals surface area contributed by atoms with Crippen LogP contribution in [0.2, 0.25) is 0 Å². The summed E-state index contributed by atoms with van der Waals surface area (Å²) in [4.78, 5) is 16.3. The van der Waals surface area contributed by atoms with Crippen molar-refractivity contribution in [2.24, 2.45) is 5.41 Å². The van der Waals surface area contributed by atoms with E-state index in [-0.39, 0.29) is 5.82 Å². The molecule has 21 heavy (non-hydrogen) atoms. The molecule has 0 amide bonds. The van der Waals surface area contributed by atoms with Gasteiger partial charge in [-0.1, -0.05) is 25.7 Å². The van der Waals surface area contributed by atoms with Gasteiger partial charge < -0.3 is 5.11 Å². The standard InChI is InChI=1S/C16H18FNO2S/c17-11-5-6-13-12(9-11)18-14(21-13)10-16(15(19)20)7-3-1-2-4-8-16/h5-6,9H,1-4,7-8,10H2,(H,19,20). The average molecular weight is 307 g/mol. The summed E-state index contributed by atoms with van der Waals surface area (Å²) in [6.07, 6.45) is 6.04. The van der Waals surface area contributed by atoms with Crippen LogP contribution >= 0.6 is 11.3 Å². The molecule has 1 aliphatic carbocycles. The zero-order valence-corrected chi connectivity index (χ0v) is 12.6. The van der Waals surface area contributed by atoms with Gasteiger partial charge in [0.05, 0.1) is 20.6 Å². The first-order valence-corrected chi connectivity index (χ1v) is 8.19. The molecular weight excluding hydrogens is 289 g/mol. The van der Waals surface area contributed by atoms with Crippen LogP contribution < -0.4 is 0 Å². The van der Waals surface area contributed by atoms with E-state index in [0.29, 0.717) is 24.8 Å². The second kappa shape index (κ2) is 5.72. The summed E-state index contributed by atoms with van der Waals surface area (Å²) in [7, 11) is 0. The maximum absolute atomic E-state index is 13.2. The van der Waals surface area contributed by atoms with Gasteiger partial charge >= 0.3 is 5.97 Å². The number of benzene rings is 1. The molecule has 112 valence electrons. The topological polar surface area (TPSA) is 50.2 Å². The van der Waals surface area contributed by atoms with E-state index >= 15 is 0 Å². The molecule has 0 aliphatic heterocycles. The number of hydrogen-bond acceptors (Lipinski definition) is 3. The highest BCUT2D eigenvalue weighted by Crippen LogP contribution is 2.39. The Balaban J connectivity index is 1.91. The summed E-state index contributed by atoms with van der Waals surface area (Å²) in [5.74, 6) is -1.02. The van der Waals surface area contributed by atoms with Gasteiger partial charge in [-0.3, -0.25) is 4.79 Å². The summed E-state index contributed by atoms with van der Waals surface area (Å²) >= 11 is 1.48. The number of carbonyl (C=O) groups is 1. The number of rotatable bonds is 3. The van der Waals surface area contributed by atoms with Crippen molar-refractivity contribution in [2.75, 3.05) is 0 Å². The van der Waals surface area contributed by atoms with Crippen LogP contribution in [0.3, 0.4) is 0 Å². The summed E-state index contributed by atoms with van der Waals surface area (Å²) in [5.41, 5.74) is -0.0627. The maximum atomic E-state index is 13.2. The third-order valence-electron chi connectivity index (χ3n) is 4.40. The number of hydrogen-bond donors (Lipinski definition) is 1. The molecule has 0 unspecified atom stereocenters. The molecule has 5 heteroatoms. The maximum Gasteiger partial charge on any atom is 0.310 e. The Morgan fingerprint density at radius 3 is 2.67 bits per heavy atom. The number of aromatic nitrogens is 1. The number of fused-ring (bicyclic) bond motifs is 1. The van der Waals surface area contributed by atoms with Gasteiger partial charge in [0, 0.05) is 12.5 Å². The molecule has 1 heterocycles. The summed E-state index contributed by atoms with van der Waals surface area (Å²) in [5, 5.41) is 10.5. The molecule has 1 aromatic carbocycles. The van der Waals surface area contributed by atoms with Crippen molar-refractivity contribution in [3.63, 3.8) is 0 Å². The van der Waals surface area contributed by atoms with Gasteiger partial charge in [0.1, 0.15) is 5.82 Å². The molecular formula is C16H18FNO2S. The minimum Gasteiger partial charge on any atom is -0.481 e. The Morgan fingerprint density at radius 1 is 1.29 bits per heavy atom. The molecule has 3 rings (SSSR count). The molecule has 2 aromatic rings. The fraction of sp³-hybridized carbons (Fsp3) is 0.500. The molecule has 0 atom stereocenters. The van der Waals surface area contributed by atoms with E-state index in [1.165, 1.54) is 23.5 Å². The second-order valence-corrected chi connectivity index (χ2v) is 7.01. The van der Waals surface area contributed by atoms with Crippen molar-refractivity contribution >= 4 is 27.5 Å². The van der Waals surface area contributed by atoms with Gasteiger partial charge in [-0.05, 0) is 25.0 Å². The van der Waals surface area contributed by atoms with Crippen LogP contribution in [0.4, 0.5) is 4.39 Å². The van der Waals surface area contributed by atoms with Crippen molar-refractivity contribution in [1.29, 1.82) is 0 Å². The van der Waals surface area contributed by atoms with E-state index < -0.39 is 11.4 Å². The van der Waals surface area contributed by atoms with Crippen LogP contribution in [0.1, 0.15) is 43.5 Å². The number of aliphatic carboxylic acids is 1. The number of carboxylic acids is 1. The van der Waals surface area contributed by atoms with Gasteiger partial charge in [-0.15, -0.1) is 11.3 Å². The first-order chi connectivity index (χ1) is 10.1. The predicted octanol–water partition coefficient (Wildman–Crippen LogP) is 4.40. The van der Waals surface area contributed by atoms with Crippen molar-refractivity contribution in [1.82, 2.24) is 4.98 Å². The second-order valence-electron chi connectivity index (χ2n) is 5.90. The number of halogens is 1. The van der Waals surface area contributed by atoms with Crippen LogP contribution in [-0.4, -0.2) is 16.1 Å². The molecule has 1 N–H and O–H groups in total. The Kier molecular flexibility index (Phi) is 3.93. The van der Waals surface area contributed by atoms with Crippen LogP contribution in [0.25, 0.3) is 10.2 Å². The summed E-state index contributed by atoms with van der Waals surface area (Å²) in [6.45, 7) is 0. The molecule has 0 spiro atoms. The quantitative estimate of drug-likeness (QED) is 0.855. The first-order valence-electron chi connectivity index (χ1n) is 7.37. The van der Waals surface area contributed by atoms with Gasteiger partial charge in [0.25, 0.3) is 0 Å². The van der Waals surface area contributed by atoms with Gasteiger partial charge in [0.15, 0.2) is 0 Å². The first kappa shape index (κ1) is 14.4. The fourth-order valence-corrected chi connectivity index (χ4v) is 4.28. The van der Waals surface area contributed by atoms with E-state index in [4.69, 9.17) is 0 Å². The third-order valence-corrected chi connectivity index (χ3v) is 5.43. The zero-order chi connectivity index (χ0) is 14.9. The van der Waals surface area contributed by atoms with Gasteiger partial charge in [-0.2, -0.15) is 0 Å².